The molecule has 3 aliphatic rings. The summed E-state index contributed by atoms with van der Waals surface area (Å²) in [6.45, 7) is 7.82. The largest absolute Gasteiger partial charge is 0.391 e. The first kappa shape index (κ1) is 31.4. The van der Waals surface area contributed by atoms with E-state index in [1.165, 1.54) is 6.07 Å². The van der Waals surface area contributed by atoms with Crippen molar-refractivity contribution in [3.8, 4) is 0 Å². The average Bonchev–Trinajstić information content (AvgIpc) is 3.78. The predicted molar refractivity (Wildman–Crippen MR) is 177 cm³/mol. The maximum atomic E-state index is 15.5. The third kappa shape index (κ3) is 6.68. The molecule has 9 nitrogen and oxygen atoms in total. The zero-order valence-electron chi connectivity index (χ0n) is 25.9. The maximum Gasteiger partial charge on any atom is 0.195 e. The second kappa shape index (κ2) is 13.0. The van der Waals surface area contributed by atoms with Crippen LogP contribution in [0.3, 0.4) is 0 Å². The number of aliphatic hydroxyl groups excluding tert-OH is 1. The molecule has 0 radical (unpaired) electrons. The van der Waals surface area contributed by atoms with Gasteiger partial charge in [-0.2, -0.15) is 0 Å². The number of fused-ring (bicyclic) bond motifs is 1. The van der Waals surface area contributed by atoms with Crippen LogP contribution in [0.2, 0.25) is 0 Å². The lowest BCUT2D eigenvalue weighted by molar-refractivity contribution is 0.158. The number of aliphatic hydroxyl groups is 1. The lowest BCUT2D eigenvalue weighted by atomic mass is 10.0. The monoisotopic (exact) mass is 633 g/mol. The van der Waals surface area contributed by atoms with Crippen molar-refractivity contribution < 1.29 is 9.50 Å². The molecular weight excluding hydrogens is 593 g/mol. The highest BCUT2D eigenvalue weighted by Crippen LogP contribution is 2.37. The van der Waals surface area contributed by atoms with Gasteiger partial charge in [0.05, 0.1) is 23.4 Å². The molecule has 6 heterocycles. The minimum Gasteiger partial charge on any atom is -0.391 e. The van der Waals surface area contributed by atoms with Gasteiger partial charge >= 0.3 is 0 Å². The topological polar surface area (TPSA) is 90.6 Å². The third-order valence-corrected chi connectivity index (χ3v) is 9.31. The fourth-order valence-electron chi connectivity index (χ4n) is 6.80. The van der Waals surface area contributed by atoms with Crippen LogP contribution in [-0.2, 0) is 13.1 Å². The van der Waals surface area contributed by atoms with Gasteiger partial charge in [0.15, 0.2) is 17.1 Å². The van der Waals surface area contributed by atoms with Crippen LogP contribution in [0.5, 0.6) is 0 Å². The van der Waals surface area contributed by atoms with E-state index in [4.69, 9.17) is 4.98 Å². The van der Waals surface area contributed by atoms with Crippen LogP contribution < -0.4 is 15.2 Å². The van der Waals surface area contributed by atoms with Crippen molar-refractivity contribution in [3.05, 3.63) is 87.5 Å². The van der Waals surface area contributed by atoms with Crippen LogP contribution in [-0.4, -0.2) is 67.9 Å². The van der Waals surface area contributed by atoms with E-state index >= 15 is 4.39 Å². The molecule has 0 bridgehead atoms. The van der Waals surface area contributed by atoms with E-state index in [1.54, 1.807) is 4.90 Å². The Bertz CT molecular complexity index is 1730. The van der Waals surface area contributed by atoms with E-state index in [0.29, 0.717) is 49.2 Å². The van der Waals surface area contributed by atoms with Crippen molar-refractivity contribution in [1.29, 1.82) is 0 Å². The van der Waals surface area contributed by atoms with Crippen molar-refractivity contribution in [2.75, 3.05) is 36.0 Å². The molecule has 2 aliphatic heterocycles. The summed E-state index contributed by atoms with van der Waals surface area (Å²) in [7, 11) is 0. The molecule has 4 aromatic heterocycles. The minimum atomic E-state index is -0.512. The van der Waals surface area contributed by atoms with E-state index in [0.717, 1.165) is 61.4 Å². The number of β-amino-alcohol motifs (C(OH)–C–C–N with tert-alkyl or cyclic N) is 1. The molecule has 11 heteroatoms. The molecule has 1 N–H and O–H groups in total. The molecule has 1 saturated carbocycles. The second-order valence-corrected chi connectivity index (χ2v) is 12.8. The Kier molecular flexibility index (Phi) is 9.08. The molecule has 3 fully saturated rings. The van der Waals surface area contributed by atoms with Crippen LogP contribution in [0.25, 0.3) is 11.0 Å². The maximum absolute atomic E-state index is 15.5. The summed E-state index contributed by atoms with van der Waals surface area (Å²) >= 11 is 0. The Hall–Kier alpha value is -3.60. The molecule has 0 unspecified atom stereocenters. The van der Waals surface area contributed by atoms with Gasteiger partial charge in [-0.25, -0.2) is 9.37 Å². The number of hydrogen-bond donors (Lipinski definition) is 1. The summed E-state index contributed by atoms with van der Waals surface area (Å²) in [6.07, 6.45) is 9.94. The molecule has 2 atom stereocenters. The predicted octanol–water partition coefficient (Wildman–Crippen LogP) is 4.94. The smallest absolute Gasteiger partial charge is 0.195 e. The van der Waals surface area contributed by atoms with Gasteiger partial charge in [0.2, 0.25) is 0 Å². The number of rotatable bonds is 8. The molecule has 4 aromatic rings. The fourth-order valence-corrected chi connectivity index (χ4v) is 6.80. The Labute approximate surface area is 269 Å². The summed E-state index contributed by atoms with van der Waals surface area (Å²) in [6, 6.07) is 10.2. The average molecular weight is 634 g/mol. The summed E-state index contributed by atoms with van der Waals surface area (Å²) in [5.41, 5.74) is 5.26. The summed E-state index contributed by atoms with van der Waals surface area (Å²) in [5.74, 6) is -0.292. The zero-order chi connectivity index (χ0) is 30.4. The van der Waals surface area contributed by atoms with E-state index in [9.17, 15) is 9.90 Å². The number of aryl methyl sites for hydroxylation is 2. The van der Waals surface area contributed by atoms with Crippen LogP contribution in [0, 0.1) is 19.7 Å². The number of nitrogens with zero attached hydrogens (tertiary/aromatic N) is 7. The van der Waals surface area contributed by atoms with Crippen molar-refractivity contribution in [2.24, 2.45) is 0 Å². The van der Waals surface area contributed by atoms with Gasteiger partial charge in [-0.05, 0) is 81.8 Å². The second-order valence-electron chi connectivity index (χ2n) is 12.8. The third-order valence-electron chi connectivity index (χ3n) is 9.31. The first-order valence-corrected chi connectivity index (χ1v) is 15.8. The summed E-state index contributed by atoms with van der Waals surface area (Å²) < 4.78 is 17.6. The van der Waals surface area contributed by atoms with Crippen LogP contribution >= 0.6 is 12.4 Å². The SMILES string of the molecule is Cc1ccc(N2CCC[C@H](N(Cc3ccnc(C)c3)Cc3cn(C4CC4)c4nc(N5CC[C@@H](O)C5)c(F)cc4c3=O)C2)cn1.Cl. The van der Waals surface area contributed by atoms with Gasteiger partial charge in [-0.15, -0.1) is 12.4 Å². The quantitative estimate of drug-likeness (QED) is 0.292. The van der Waals surface area contributed by atoms with Crippen molar-refractivity contribution in [1.82, 2.24) is 24.4 Å². The van der Waals surface area contributed by atoms with Gasteiger partial charge in [0.25, 0.3) is 0 Å². The Morgan fingerprint density at radius 3 is 2.53 bits per heavy atom. The van der Waals surface area contributed by atoms with Gasteiger partial charge in [0, 0.05) is 80.7 Å². The van der Waals surface area contributed by atoms with E-state index in [2.05, 4.69) is 42.5 Å². The highest BCUT2D eigenvalue weighted by atomic mass is 35.5. The fraction of sp³-hybridized carbons (Fsp3) is 0.471. The zero-order valence-corrected chi connectivity index (χ0v) is 26.7. The van der Waals surface area contributed by atoms with Crippen LogP contribution in [0.4, 0.5) is 15.9 Å². The molecule has 238 valence electrons. The van der Waals surface area contributed by atoms with Crippen molar-refractivity contribution in [2.45, 2.75) is 77.2 Å². The normalized spacial score (nSPS) is 20.2. The van der Waals surface area contributed by atoms with E-state index in [1.807, 2.05) is 38.5 Å². The molecule has 7 rings (SSSR count). The first-order valence-electron chi connectivity index (χ1n) is 15.8. The Morgan fingerprint density at radius 2 is 1.82 bits per heavy atom. The lowest BCUT2D eigenvalue weighted by Crippen LogP contribution is -2.48. The highest BCUT2D eigenvalue weighted by molar-refractivity contribution is 5.85. The van der Waals surface area contributed by atoms with Gasteiger partial charge in [-0.3, -0.25) is 19.7 Å². The number of piperidine rings is 1. The van der Waals surface area contributed by atoms with Crippen LogP contribution in [0.15, 0.2) is 53.7 Å². The van der Waals surface area contributed by atoms with Gasteiger partial charge in [0.1, 0.15) is 5.65 Å². The van der Waals surface area contributed by atoms with Crippen LogP contribution in [0.1, 0.15) is 60.7 Å². The summed E-state index contributed by atoms with van der Waals surface area (Å²) in [5, 5.41) is 10.4. The summed E-state index contributed by atoms with van der Waals surface area (Å²) in [4.78, 5) is 34.3. The molecule has 1 aliphatic carbocycles. The molecular formula is C34H41ClFN7O2. The molecule has 2 saturated heterocycles. The number of pyridine rings is 4. The number of anilines is 2. The van der Waals surface area contributed by atoms with E-state index < -0.39 is 11.9 Å². The standard InChI is InChI=1S/C34H40FN7O2.ClH/c1-22-5-6-27(16-37-22)39-12-3-4-28(20-39)41(17-24-9-11-36-23(2)14-24)18-25-19-42(26-7-8-26)33-30(32(25)44)15-31(35)34(38-33)40-13-10-29(43)21-40;/h5-6,9,11,14-16,19,26,28-29,43H,3-4,7-8,10,12-13,17-18,20-21H2,1-2H3;1H/t28-,29+;/m0./s1. The Balaban J connectivity index is 0.00000357. The molecule has 0 spiro atoms. The number of halogens is 2. The van der Waals surface area contributed by atoms with Crippen molar-refractivity contribution in [3.63, 3.8) is 0 Å². The molecule has 45 heavy (non-hydrogen) atoms. The van der Waals surface area contributed by atoms with Crippen molar-refractivity contribution >= 4 is 34.9 Å². The number of aromatic nitrogens is 4. The minimum absolute atomic E-state index is 0. The first-order chi connectivity index (χ1) is 21.3. The highest BCUT2D eigenvalue weighted by Gasteiger charge is 2.31. The lowest BCUT2D eigenvalue weighted by Gasteiger charge is -2.40. The molecule has 0 amide bonds. The molecule has 0 aromatic carbocycles. The Morgan fingerprint density at radius 1 is 0.978 bits per heavy atom. The van der Waals surface area contributed by atoms with E-state index in [-0.39, 0.29) is 35.7 Å². The van der Waals surface area contributed by atoms with Gasteiger partial charge < -0.3 is 19.5 Å². The van der Waals surface area contributed by atoms with Gasteiger partial charge in [-0.1, -0.05) is 0 Å². The number of hydrogen-bond acceptors (Lipinski definition) is 8.